The minimum atomic E-state index is -0.395. The van der Waals surface area contributed by atoms with Crippen molar-refractivity contribution in [3.05, 3.63) is 23.0 Å². The molecule has 0 radical (unpaired) electrons. The number of nitrogen functional groups attached to an aromatic ring is 2. The molecule has 0 heterocycles. The summed E-state index contributed by atoms with van der Waals surface area (Å²) < 4.78 is 12.7. The normalized spacial score (nSPS) is 12.9. The van der Waals surface area contributed by atoms with Crippen LogP contribution in [0.4, 0.5) is 15.8 Å². The molecular weight excluding hydrogens is 131 g/mol. The molecule has 0 bridgehead atoms. The Labute approximate surface area is 57.6 Å². The van der Waals surface area contributed by atoms with Crippen LogP contribution in [-0.2, 0) is 6.42 Å². The van der Waals surface area contributed by atoms with Gasteiger partial charge in [0, 0.05) is 6.42 Å². The van der Waals surface area contributed by atoms with E-state index in [1.807, 2.05) is 0 Å². The van der Waals surface area contributed by atoms with E-state index in [4.69, 9.17) is 11.5 Å². The van der Waals surface area contributed by atoms with E-state index in [-0.39, 0.29) is 5.69 Å². The van der Waals surface area contributed by atoms with Crippen molar-refractivity contribution < 1.29 is 4.39 Å². The summed E-state index contributed by atoms with van der Waals surface area (Å²) in [6.07, 6.45) is 0.806. The Morgan fingerprint density at radius 2 is 2.00 bits per heavy atom. The second-order valence-electron chi connectivity index (χ2n) is 2.50. The molecule has 2 rings (SSSR count). The van der Waals surface area contributed by atoms with Crippen molar-refractivity contribution in [2.45, 2.75) is 6.42 Å². The Balaban J connectivity index is 2.73. The molecule has 0 fully saturated rings. The lowest BCUT2D eigenvalue weighted by Crippen LogP contribution is -1.96. The molecule has 1 aliphatic rings. The van der Waals surface area contributed by atoms with Crippen molar-refractivity contribution in [3.63, 3.8) is 0 Å². The van der Waals surface area contributed by atoms with Crippen LogP contribution in [0, 0.1) is 5.82 Å². The topological polar surface area (TPSA) is 52.0 Å². The SMILES string of the molecule is Nc1c(F)cc2c(c1N)C2. The zero-order valence-corrected chi connectivity index (χ0v) is 5.32. The number of benzene rings is 1. The van der Waals surface area contributed by atoms with Gasteiger partial charge in [0.05, 0.1) is 11.4 Å². The van der Waals surface area contributed by atoms with Crippen molar-refractivity contribution in [2.24, 2.45) is 0 Å². The number of hydrogen-bond acceptors (Lipinski definition) is 2. The van der Waals surface area contributed by atoms with Gasteiger partial charge >= 0.3 is 0 Å². The van der Waals surface area contributed by atoms with Gasteiger partial charge in [-0.3, -0.25) is 0 Å². The Morgan fingerprint density at radius 3 is 2.70 bits per heavy atom. The summed E-state index contributed by atoms with van der Waals surface area (Å²) in [6, 6.07) is 1.45. The maximum absolute atomic E-state index is 12.7. The fourth-order valence-electron chi connectivity index (χ4n) is 1.07. The summed E-state index contributed by atoms with van der Waals surface area (Å²) in [5.41, 5.74) is 13.3. The third-order valence-corrected chi connectivity index (χ3v) is 1.80. The Morgan fingerprint density at radius 1 is 1.30 bits per heavy atom. The maximum Gasteiger partial charge on any atom is 0.148 e. The summed E-state index contributed by atoms with van der Waals surface area (Å²) in [5.74, 6) is -0.395. The van der Waals surface area contributed by atoms with E-state index in [2.05, 4.69) is 0 Å². The van der Waals surface area contributed by atoms with Crippen LogP contribution in [0.5, 0.6) is 0 Å². The van der Waals surface area contributed by atoms with Gasteiger partial charge in [0.2, 0.25) is 0 Å². The predicted octanol–water partition coefficient (Wildman–Crippen LogP) is 0.894. The van der Waals surface area contributed by atoms with Gasteiger partial charge in [-0.1, -0.05) is 0 Å². The summed E-state index contributed by atoms with van der Waals surface area (Å²) in [7, 11) is 0. The van der Waals surface area contributed by atoms with Gasteiger partial charge < -0.3 is 11.5 Å². The van der Waals surface area contributed by atoms with Gasteiger partial charge in [-0.15, -0.1) is 0 Å². The lowest BCUT2D eigenvalue weighted by molar-refractivity contribution is 0.633. The van der Waals surface area contributed by atoms with E-state index in [0.29, 0.717) is 5.69 Å². The molecule has 2 nitrogen and oxygen atoms in total. The molecule has 3 heteroatoms. The summed E-state index contributed by atoms with van der Waals surface area (Å²) >= 11 is 0. The molecule has 1 aromatic rings. The molecule has 0 saturated carbocycles. The molecule has 10 heavy (non-hydrogen) atoms. The first-order valence-electron chi connectivity index (χ1n) is 3.05. The molecule has 0 spiro atoms. The molecule has 0 amide bonds. The molecule has 4 N–H and O–H groups in total. The van der Waals surface area contributed by atoms with Crippen molar-refractivity contribution in [1.82, 2.24) is 0 Å². The van der Waals surface area contributed by atoms with E-state index < -0.39 is 5.82 Å². The average Bonchev–Trinajstić information content (AvgIpc) is 2.62. The van der Waals surface area contributed by atoms with Crippen molar-refractivity contribution in [2.75, 3.05) is 11.5 Å². The first-order valence-corrected chi connectivity index (χ1v) is 3.05. The second-order valence-corrected chi connectivity index (χ2v) is 2.50. The highest BCUT2D eigenvalue weighted by Gasteiger charge is 2.23. The van der Waals surface area contributed by atoms with Crippen LogP contribution in [0.3, 0.4) is 0 Å². The number of rotatable bonds is 0. The minimum Gasteiger partial charge on any atom is -0.397 e. The standard InChI is InChI=1S/C7H7FN2/c8-5-2-3-1-4(3)6(9)7(5)10/h2H,1,9-10H2. The smallest absolute Gasteiger partial charge is 0.148 e. The molecule has 0 aromatic heterocycles. The first-order chi connectivity index (χ1) is 4.70. The van der Waals surface area contributed by atoms with Crippen molar-refractivity contribution in [1.29, 1.82) is 0 Å². The van der Waals surface area contributed by atoms with Gasteiger partial charge in [-0.25, -0.2) is 4.39 Å². The van der Waals surface area contributed by atoms with Crippen LogP contribution in [0.1, 0.15) is 11.1 Å². The largest absolute Gasteiger partial charge is 0.397 e. The first kappa shape index (κ1) is 5.53. The zero-order chi connectivity index (χ0) is 7.30. The highest BCUT2D eigenvalue weighted by Crippen LogP contribution is 2.38. The Kier molecular flexibility index (Phi) is 0.787. The van der Waals surface area contributed by atoms with Crippen LogP contribution in [0.15, 0.2) is 6.07 Å². The van der Waals surface area contributed by atoms with Gasteiger partial charge in [0.1, 0.15) is 5.82 Å². The summed E-state index contributed by atoms with van der Waals surface area (Å²) in [4.78, 5) is 0. The van der Waals surface area contributed by atoms with Gasteiger partial charge in [-0.2, -0.15) is 0 Å². The summed E-state index contributed by atoms with van der Waals surface area (Å²) in [6.45, 7) is 0. The predicted molar refractivity (Wildman–Crippen MR) is 38.0 cm³/mol. The molecular formula is C7H7FN2. The Bertz CT molecular complexity index is 304. The molecule has 52 valence electrons. The number of hydrogen-bond donors (Lipinski definition) is 2. The van der Waals surface area contributed by atoms with E-state index in [1.165, 1.54) is 6.07 Å². The Hall–Kier alpha value is -1.25. The van der Waals surface area contributed by atoms with Crippen molar-refractivity contribution >= 4 is 11.4 Å². The lowest BCUT2D eigenvalue weighted by atomic mass is 10.3. The van der Waals surface area contributed by atoms with E-state index in [9.17, 15) is 4.39 Å². The van der Waals surface area contributed by atoms with Crippen molar-refractivity contribution in [3.8, 4) is 0 Å². The van der Waals surface area contributed by atoms with Crippen LogP contribution < -0.4 is 11.5 Å². The summed E-state index contributed by atoms with van der Waals surface area (Å²) in [5, 5.41) is 0. The molecule has 1 aromatic carbocycles. The highest BCUT2D eigenvalue weighted by atomic mass is 19.1. The van der Waals surface area contributed by atoms with Gasteiger partial charge in [0.25, 0.3) is 0 Å². The zero-order valence-electron chi connectivity index (χ0n) is 5.32. The highest BCUT2D eigenvalue weighted by molar-refractivity contribution is 5.75. The fourth-order valence-corrected chi connectivity index (χ4v) is 1.07. The van der Waals surface area contributed by atoms with E-state index in [1.54, 1.807) is 0 Å². The average molecular weight is 138 g/mol. The quantitative estimate of drug-likeness (QED) is 0.531. The maximum atomic E-state index is 12.7. The van der Waals surface area contributed by atoms with E-state index in [0.717, 1.165) is 17.5 Å². The minimum absolute atomic E-state index is 0.0938. The number of anilines is 2. The molecule has 0 atom stereocenters. The fraction of sp³-hybridized carbons (Fsp3) is 0.143. The number of nitrogens with two attached hydrogens (primary N) is 2. The van der Waals surface area contributed by atoms with E-state index >= 15 is 0 Å². The van der Waals surface area contributed by atoms with Crippen LogP contribution >= 0.6 is 0 Å². The lowest BCUT2D eigenvalue weighted by Gasteiger charge is -1.97. The molecule has 1 aliphatic carbocycles. The third kappa shape index (κ3) is 0.518. The third-order valence-electron chi connectivity index (χ3n) is 1.80. The van der Waals surface area contributed by atoms with Crippen LogP contribution in [-0.4, -0.2) is 0 Å². The monoisotopic (exact) mass is 138 g/mol. The molecule has 0 saturated heterocycles. The van der Waals surface area contributed by atoms with Gasteiger partial charge in [-0.05, 0) is 17.2 Å². The second kappa shape index (κ2) is 1.42. The molecule has 0 unspecified atom stereocenters. The van der Waals surface area contributed by atoms with Crippen LogP contribution in [0.25, 0.3) is 0 Å². The van der Waals surface area contributed by atoms with Gasteiger partial charge in [0.15, 0.2) is 0 Å². The van der Waals surface area contributed by atoms with Crippen LogP contribution in [0.2, 0.25) is 0 Å². The molecule has 0 aliphatic heterocycles. The number of fused-ring (bicyclic) bond motifs is 1. The number of halogens is 1.